The van der Waals surface area contributed by atoms with E-state index in [9.17, 15) is 4.79 Å². The Bertz CT molecular complexity index is 1220. The summed E-state index contributed by atoms with van der Waals surface area (Å²) in [5.41, 5.74) is 4.33. The van der Waals surface area contributed by atoms with Crippen LogP contribution in [0.15, 0.2) is 85.3 Å². The second-order valence-corrected chi connectivity index (χ2v) is 8.33. The number of nitrogens with zero attached hydrogens (tertiary/aromatic N) is 4. The van der Waals surface area contributed by atoms with Gasteiger partial charge in [-0.3, -0.25) is 14.5 Å². The topological polar surface area (TPSA) is 60.2 Å². The summed E-state index contributed by atoms with van der Waals surface area (Å²) in [4.78, 5) is 20.1. The van der Waals surface area contributed by atoms with Crippen LogP contribution in [0.5, 0.6) is 5.75 Å². The van der Waals surface area contributed by atoms with E-state index in [2.05, 4.69) is 17.1 Å². The third-order valence-corrected chi connectivity index (χ3v) is 5.87. The molecule has 0 N–H and O–H groups in total. The van der Waals surface area contributed by atoms with Crippen LogP contribution in [0.4, 0.5) is 0 Å². The van der Waals surface area contributed by atoms with Crippen LogP contribution in [0.1, 0.15) is 34.3 Å². The maximum Gasteiger partial charge on any atom is 0.258 e. The van der Waals surface area contributed by atoms with Crippen molar-refractivity contribution in [2.75, 3.05) is 7.11 Å². The highest BCUT2D eigenvalue weighted by Gasteiger charge is 2.35. The van der Waals surface area contributed by atoms with Gasteiger partial charge in [0.2, 0.25) is 0 Å². The first-order chi connectivity index (χ1) is 16.2. The highest BCUT2D eigenvalue weighted by Crippen LogP contribution is 2.32. The molecule has 1 amide bonds. The van der Waals surface area contributed by atoms with E-state index in [1.54, 1.807) is 19.5 Å². The Morgan fingerprint density at radius 1 is 1.03 bits per heavy atom. The third-order valence-electron chi connectivity index (χ3n) is 5.87. The smallest absolute Gasteiger partial charge is 0.258 e. The molecule has 4 aromatic rings. The van der Waals surface area contributed by atoms with E-state index in [0.717, 1.165) is 35.3 Å². The van der Waals surface area contributed by atoms with E-state index in [-0.39, 0.29) is 11.9 Å². The van der Waals surface area contributed by atoms with Gasteiger partial charge in [-0.15, -0.1) is 0 Å². The van der Waals surface area contributed by atoms with Gasteiger partial charge >= 0.3 is 0 Å². The molecule has 0 saturated heterocycles. The molecule has 6 heteroatoms. The highest BCUT2D eigenvalue weighted by atomic mass is 16.5. The maximum absolute atomic E-state index is 13.8. The number of benzene rings is 2. The van der Waals surface area contributed by atoms with Gasteiger partial charge in [-0.2, -0.15) is 5.10 Å². The number of hydrogen-bond donors (Lipinski definition) is 0. The molecule has 0 spiro atoms. The zero-order valence-corrected chi connectivity index (χ0v) is 18.6. The maximum atomic E-state index is 13.8. The minimum Gasteiger partial charge on any atom is -0.497 e. The van der Waals surface area contributed by atoms with Crippen molar-refractivity contribution in [2.24, 2.45) is 0 Å². The molecule has 2 aromatic heterocycles. The fourth-order valence-corrected chi connectivity index (χ4v) is 3.98. The van der Waals surface area contributed by atoms with Crippen LogP contribution in [0.3, 0.4) is 0 Å². The molecular weight excluding hydrogens is 412 g/mol. The van der Waals surface area contributed by atoms with E-state index in [0.29, 0.717) is 24.3 Å². The Balaban J connectivity index is 1.47. The van der Waals surface area contributed by atoms with Crippen molar-refractivity contribution in [1.82, 2.24) is 19.7 Å². The summed E-state index contributed by atoms with van der Waals surface area (Å²) < 4.78 is 7.12. The van der Waals surface area contributed by atoms with Crippen molar-refractivity contribution >= 4 is 5.91 Å². The first kappa shape index (κ1) is 20.9. The van der Waals surface area contributed by atoms with Crippen molar-refractivity contribution < 1.29 is 9.53 Å². The van der Waals surface area contributed by atoms with Crippen molar-refractivity contribution in [3.8, 4) is 17.0 Å². The van der Waals surface area contributed by atoms with Crippen molar-refractivity contribution in [1.29, 1.82) is 0 Å². The SMILES string of the molecule is COc1ccc(CN(C(=O)c2cn(Cc3ccccc3)nc2-c2cccnc2)C2CC2)cc1. The molecule has 0 aliphatic heterocycles. The van der Waals surface area contributed by atoms with Crippen molar-refractivity contribution in [3.05, 3.63) is 102 Å². The van der Waals surface area contributed by atoms with E-state index >= 15 is 0 Å². The van der Waals surface area contributed by atoms with Crippen molar-refractivity contribution in [2.45, 2.75) is 32.0 Å². The number of rotatable bonds is 8. The molecular formula is C27H26N4O2. The summed E-state index contributed by atoms with van der Waals surface area (Å²) in [5.74, 6) is 0.815. The third kappa shape index (κ3) is 4.80. The van der Waals surface area contributed by atoms with Crippen molar-refractivity contribution in [3.63, 3.8) is 0 Å². The number of carbonyl (C=O) groups excluding carboxylic acids is 1. The summed E-state index contributed by atoms with van der Waals surface area (Å²) in [6.45, 7) is 1.16. The van der Waals surface area contributed by atoms with Gasteiger partial charge < -0.3 is 9.64 Å². The number of ether oxygens (including phenoxy) is 1. The average molecular weight is 439 g/mol. The largest absolute Gasteiger partial charge is 0.497 e. The quantitative estimate of drug-likeness (QED) is 0.396. The molecule has 0 bridgehead atoms. The predicted octanol–water partition coefficient (Wildman–Crippen LogP) is 4.81. The Labute approximate surface area is 193 Å². The predicted molar refractivity (Wildman–Crippen MR) is 127 cm³/mol. The molecule has 0 unspecified atom stereocenters. The Morgan fingerprint density at radius 3 is 2.48 bits per heavy atom. The Kier molecular flexibility index (Phi) is 5.89. The van der Waals surface area contributed by atoms with E-state index in [1.165, 1.54) is 0 Å². The Hall–Kier alpha value is -3.93. The van der Waals surface area contributed by atoms with Crippen LogP contribution in [-0.4, -0.2) is 38.7 Å². The number of aromatic nitrogens is 3. The monoisotopic (exact) mass is 438 g/mol. The lowest BCUT2D eigenvalue weighted by Crippen LogP contribution is -2.32. The van der Waals surface area contributed by atoms with Gasteiger partial charge in [-0.1, -0.05) is 42.5 Å². The van der Waals surface area contributed by atoms with Crippen LogP contribution < -0.4 is 4.74 Å². The molecule has 2 aromatic carbocycles. The summed E-state index contributed by atoms with van der Waals surface area (Å²) in [6.07, 6.45) is 7.43. The van der Waals surface area contributed by atoms with Gasteiger partial charge in [0.1, 0.15) is 11.4 Å². The molecule has 0 atom stereocenters. The van der Waals surface area contributed by atoms with Crippen LogP contribution in [0, 0.1) is 0 Å². The van der Waals surface area contributed by atoms with E-state index in [1.807, 2.05) is 70.4 Å². The molecule has 5 rings (SSSR count). The summed E-state index contributed by atoms with van der Waals surface area (Å²) >= 11 is 0. The number of amides is 1. The van der Waals surface area contributed by atoms with Gasteiger partial charge in [0, 0.05) is 36.7 Å². The van der Waals surface area contributed by atoms with Crippen LogP contribution >= 0.6 is 0 Å². The molecule has 2 heterocycles. The first-order valence-electron chi connectivity index (χ1n) is 11.2. The van der Waals surface area contributed by atoms with Crippen LogP contribution in [0.2, 0.25) is 0 Å². The zero-order chi connectivity index (χ0) is 22.6. The van der Waals surface area contributed by atoms with Gasteiger partial charge in [-0.25, -0.2) is 0 Å². The normalized spacial score (nSPS) is 13.0. The van der Waals surface area contributed by atoms with Gasteiger partial charge in [-0.05, 0) is 48.2 Å². The lowest BCUT2D eigenvalue weighted by Gasteiger charge is -2.22. The highest BCUT2D eigenvalue weighted by molar-refractivity contribution is 6.00. The lowest BCUT2D eigenvalue weighted by atomic mass is 10.1. The standard InChI is InChI=1S/C27H26N4O2/c1-33-24-13-9-21(10-14-24)18-31(23-11-12-23)27(32)25-19-30(17-20-6-3-2-4-7-20)29-26(25)22-8-5-15-28-16-22/h2-10,13-16,19,23H,11-12,17-18H2,1H3. The second kappa shape index (κ2) is 9.28. The fourth-order valence-electron chi connectivity index (χ4n) is 3.98. The summed E-state index contributed by atoms with van der Waals surface area (Å²) in [7, 11) is 1.65. The van der Waals surface area contributed by atoms with Gasteiger partial charge in [0.05, 0.1) is 19.2 Å². The molecule has 6 nitrogen and oxygen atoms in total. The Morgan fingerprint density at radius 2 is 1.82 bits per heavy atom. The second-order valence-electron chi connectivity index (χ2n) is 8.33. The van der Waals surface area contributed by atoms with Gasteiger partial charge in [0.15, 0.2) is 0 Å². The number of pyridine rings is 1. The molecule has 33 heavy (non-hydrogen) atoms. The van der Waals surface area contributed by atoms with E-state index < -0.39 is 0 Å². The number of methoxy groups -OCH3 is 1. The molecule has 1 fully saturated rings. The minimum absolute atomic E-state index is 0.00600. The number of carbonyl (C=O) groups is 1. The minimum atomic E-state index is 0.00600. The van der Waals surface area contributed by atoms with Crippen LogP contribution in [0.25, 0.3) is 11.3 Å². The van der Waals surface area contributed by atoms with Gasteiger partial charge in [0.25, 0.3) is 5.91 Å². The number of hydrogen-bond acceptors (Lipinski definition) is 4. The zero-order valence-electron chi connectivity index (χ0n) is 18.6. The molecule has 166 valence electrons. The summed E-state index contributed by atoms with van der Waals surface area (Å²) in [6, 6.07) is 22.1. The first-order valence-corrected chi connectivity index (χ1v) is 11.2. The summed E-state index contributed by atoms with van der Waals surface area (Å²) in [5, 5.41) is 4.80. The molecule has 1 saturated carbocycles. The van der Waals surface area contributed by atoms with E-state index in [4.69, 9.17) is 9.84 Å². The van der Waals surface area contributed by atoms with Crippen LogP contribution in [-0.2, 0) is 13.1 Å². The average Bonchev–Trinajstić information content (AvgIpc) is 3.63. The molecule has 1 aliphatic rings. The molecule has 0 radical (unpaired) electrons. The lowest BCUT2D eigenvalue weighted by molar-refractivity contribution is 0.0730. The fraction of sp³-hybridized carbons (Fsp3) is 0.222. The molecule has 1 aliphatic carbocycles.